The summed E-state index contributed by atoms with van der Waals surface area (Å²) in [4.78, 5) is 0. The molecule has 0 aromatic heterocycles. The minimum atomic E-state index is 0.842. The van der Waals surface area contributed by atoms with E-state index in [1.807, 2.05) is 0 Å². The molecule has 2 aliphatic rings. The highest BCUT2D eigenvalue weighted by Gasteiger charge is 2.32. The van der Waals surface area contributed by atoms with Crippen molar-refractivity contribution in [2.45, 2.75) is 38.1 Å². The van der Waals surface area contributed by atoms with Crippen LogP contribution in [-0.2, 0) is 6.42 Å². The summed E-state index contributed by atoms with van der Waals surface area (Å²) in [5.41, 5.74) is 1.47. The maximum atomic E-state index is 3.70. The summed E-state index contributed by atoms with van der Waals surface area (Å²) in [5.74, 6) is 1.82. The van der Waals surface area contributed by atoms with Crippen LogP contribution in [0.5, 0.6) is 0 Å². The quantitative estimate of drug-likeness (QED) is 0.842. The predicted molar refractivity (Wildman–Crippen MR) is 75.1 cm³/mol. The van der Waals surface area contributed by atoms with Gasteiger partial charge in [0.1, 0.15) is 0 Å². The van der Waals surface area contributed by atoms with E-state index in [1.165, 1.54) is 48.7 Å². The molecule has 0 radical (unpaired) electrons. The van der Waals surface area contributed by atoms with Crippen molar-refractivity contribution in [3.63, 3.8) is 0 Å². The average molecular weight is 294 g/mol. The summed E-state index contributed by atoms with van der Waals surface area (Å²) in [6.07, 6.45) is 6.91. The number of hydrogen-bond donors (Lipinski definition) is 1. The van der Waals surface area contributed by atoms with Crippen LogP contribution in [0.4, 0.5) is 0 Å². The molecule has 1 nitrogen and oxygen atoms in total. The topological polar surface area (TPSA) is 12.0 Å². The Morgan fingerprint density at radius 1 is 1.18 bits per heavy atom. The Morgan fingerprint density at radius 2 is 1.94 bits per heavy atom. The summed E-state index contributed by atoms with van der Waals surface area (Å²) in [6, 6.07) is 9.51. The maximum Gasteiger partial charge on any atom is 0.0207 e. The van der Waals surface area contributed by atoms with Gasteiger partial charge in [-0.05, 0) is 62.1 Å². The summed E-state index contributed by atoms with van der Waals surface area (Å²) in [5, 5.41) is 3.70. The van der Waals surface area contributed by atoms with Crippen molar-refractivity contribution >= 4 is 15.9 Å². The number of rotatable bonds is 6. The Bertz CT molecular complexity index is 382. The second kappa shape index (κ2) is 5.11. The summed E-state index contributed by atoms with van der Waals surface area (Å²) >= 11 is 3.67. The minimum Gasteiger partial charge on any atom is -0.314 e. The van der Waals surface area contributed by atoms with Gasteiger partial charge in [0.25, 0.3) is 0 Å². The lowest BCUT2D eigenvalue weighted by Gasteiger charge is -2.18. The van der Waals surface area contributed by atoms with E-state index in [9.17, 15) is 0 Å². The normalized spacial score (nSPS) is 21.5. The third-order valence-electron chi connectivity index (χ3n) is 3.97. The van der Waals surface area contributed by atoms with Gasteiger partial charge in [-0.1, -0.05) is 34.1 Å². The smallest absolute Gasteiger partial charge is 0.0207 e. The summed E-state index contributed by atoms with van der Waals surface area (Å²) in [7, 11) is 0. The van der Waals surface area contributed by atoms with Gasteiger partial charge in [-0.15, -0.1) is 0 Å². The second-order valence-electron chi connectivity index (χ2n) is 5.58. The third kappa shape index (κ3) is 3.32. The molecule has 0 bridgehead atoms. The molecule has 2 heteroatoms. The first-order valence-electron chi connectivity index (χ1n) is 6.79. The lowest BCUT2D eigenvalue weighted by molar-refractivity contribution is 0.421. The van der Waals surface area contributed by atoms with E-state index in [0.29, 0.717) is 0 Å². The fourth-order valence-corrected chi connectivity index (χ4v) is 2.97. The van der Waals surface area contributed by atoms with Crippen LogP contribution in [0, 0.1) is 11.8 Å². The number of halogens is 1. The molecule has 3 rings (SSSR count). The molecule has 0 aliphatic heterocycles. The molecule has 92 valence electrons. The first-order chi connectivity index (χ1) is 8.33. The molecule has 17 heavy (non-hydrogen) atoms. The van der Waals surface area contributed by atoms with E-state index in [4.69, 9.17) is 0 Å². The molecule has 0 heterocycles. The van der Waals surface area contributed by atoms with Crippen LogP contribution >= 0.6 is 15.9 Å². The lowest BCUT2D eigenvalue weighted by atomic mass is 9.94. The zero-order valence-corrected chi connectivity index (χ0v) is 11.7. The van der Waals surface area contributed by atoms with Crippen LogP contribution in [0.1, 0.15) is 31.2 Å². The van der Waals surface area contributed by atoms with Crippen molar-refractivity contribution < 1.29 is 0 Å². The van der Waals surface area contributed by atoms with E-state index >= 15 is 0 Å². The van der Waals surface area contributed by atoms with E-state index in [1.54, 1.807) is 0 Å². The van der Waals surface area contributed by atoms with Gasteiger partial charge in [0.05, 0.1) is 0 Å². The Labute approximate surface area is 112 Å². The van der Waals surface area contributed by atoms with Crippen LogP contribution < -0.4 is 5.32 Å². The van der Waals surface area contributed by atoms with Gasteiger partial charge >= 0.3 is 0 Å². The molecule has 0 amide bonds. The Hall–Kier alpha value is -0.340. The lowest BCUT2D eigenvalue weighted by Crippen LogP contribution is -2.27. The van der Waals surface area contributed by atoms with Crippen LogP contribution in [0.25, 0.3) is 0 Å². The van der Waals surface area contributed by atoms with Crippen molar-refractivity contribution in [3.8, 4) is 0 Å². The van der Waals surface area contributed by atoms with Gasteiger partial charge in [-0.3, -0.25) is 0 Å². The van der Waals surface area contributed by atoms with Crippen molar-refractivity contribution in [3.05, 3.63) is 34.3 Å². The number of hydrogen-bond acceptors (Lipinski definition) is 1. The number of benzene rings is 1. The monoisotopic (exact) mass is 293 g/mol. The highest BCUT2D eigenvalue weighted by Crippen LogP contribution is 2.39. The van der Waals surface area contributed by atoms with E-state index in [2.05, 4.69) is 45.5 Å². The highest BCUT2D eigenvalue weighted by molar-refractivity contribution is 9.10. The minimum absolute atomic E-state index is 0.842. The Balaban J connectivity index is 1.60. The summed E-state index contributed by atoms with van der Waals surface area (Å²) < 4.78 is 1.28. The molecule has 1 N–H and O–H groups in total. The Kier molecular flexibility index (Phi) is 3.53. The first-order valence-corrected chi connectivity index (χ1v) is 7.59. The molecule has 1 aromatic rings. The van der Waals surface area contributed by atoms with Crippen LogP contribution in [0.2, 0.25) is 0 Å². The average Bonchev–Trinajstić information content (AvgIpc) is 3.18. The zero-order chi connectivity index (χ0) is 11.7. The largest absolute Gasteiger partial charge is 0.314 e. The molecule has 1 aromatic carbocycles. The third-order valence-corrected chi connectivity index (χ3v) is 4.75. The molecule has 2 saturated carbocycles. The van der Waals surface area contributed by atoms with Crippen LogP contribution in [0.3, 0.4) is 0 Å². The van der Waals surface area contributed by atoms with Crippen LogP contribution in [0.15, 0.2) is 28.7 Å². The molecule has 2 fully saturated rings. The fourth-order valence-electron chi connectivity index (χ4n) is 2.53. The molecule has 1 unspecified atom stereocenters. The highest BCUT2D eigenvalue weighted by atomic mass is 79.9. The van der Waals surface area contributed by atoms with E-state index in [0.717, 1.165) is 17.9 Å². The van der Waals surface area contributed by atoms with Crippen LogP contribution in [-0.4, -0.2) is 12.6 Å². The van der Waals surface area contributed by atoms with Crippen molar-refractivity contribution in [1.82, 2.24) is 5.32 Å². The molecular formula is C15H20BrN. The standard InChI is InChI=1S/C15H20BrN/c16-15-4-2-1-3-12(15)9-13(11-5-6-11)10-17-14-7-8-14/h1-4,11,13-14,17H,5-10H2. The van der Waals surface area contributed by atoms with Gasteiger partial charge in [0, 0.05) is 10.5 Å². The molecular weight excluding hydrogens is 274 g/mol. The van der Waals surface area contributed by atoms with E-state index < -0.39 is 0 Å². The van der Waals surface area contributed by atoms with Gasteiger partial charge in [0.15, 0.2) is 0 Å². The predicted octanol–water partition coefficient (Wildman–Crippen LogP) is 3.77. The van der Waals surface area contributed by atoms with Gasteiger partial charge < -0.3 is 5.32 Å². The van der Waals surface area contributed by atoms with Crippen molar-refractivity contribution in [2.24, 2.45) is 11.8 Å². The van der Waals surface area contributed by atoms with Crippen molar-refractivity contribution in [2.75, 3.05) is 6.54 Å². The van der Waals surface area contributed by atoms with Gasteiger partial charge in [-0.2, -0.15) is 0 Å². The molecule has 2 aliphatic carbocycles. The molecule has 1 atom stereocenters. The molecule has 0 spiro atoms. The van der Waals surface area contributed by atoms with Crippen molar-refractivity contribution in [1.29, 1.82) is 0 Å². The van der Waals surface area contributed by atoms with Gasteiger partial charge in [0.2, 0.25) is 0 Å². The first kappa shape index (κ1) is 11.7. The summed E-state index contributed by atoms with van der Waals surface area (Å²) in [6.45, 7) is 1.22. The maximum absolute atomic E-state index is 3.70. The number of nitrogens with one attached hydrogen (secondary N) is 1. The fraction of sp³-hybridized carbons (Fsp3) is 0.600. The SMILES string of the molecule is Brc1ccccc1CC(CNC1CC1)C1CC1. The van der Waals surface area contributed by atoms with Gasteiger partial charge in [-0.25, -0.2) is 0 Å². The molecule has 0 saturated heterocycles. The second-order valence-corrected chi connectivity index (χ2v) is 6.43. The Morgan fingerprint density at radius 3 is 2.59 bits per heavy atom. The van der Waals surface area contributed by atoms with E-state index in [-0.39, 0.29) is 0 Å². The zero-order valence-electron chi connectivity index (χ0n) is 10.2.